The van der Waals surface area contributed by atoms with Gasteiger partial charge in [-0.1, -0.05) is 6.92 Å². The lowest BCUT2D eigenvalue weighted by molar-refractivity contribution is 0.172. The lowest BCUT2D eigenvalue weighted by Crippen LogP contribution is -2.53. The first-order chi connectivity index (χ1) is 6.78. The first-order valence-corrected chi connectivity index (χ1v) is 5.69. The zero-order chi connectivity index (χ0) is 10.0. The van der Waals surface area contributed by atoms with E-state index in [1.54, 1.807) is 0 Å². The Morgan fingerprint density at radius 2 is 2.07 bits per heavy atom. The van der Waals surface area contributed by atoms with Crippen LogP contribution in [-0.2, 0) is 0 Å². The molecule has 1 aliphatic carbocycles. The van der Waals surface area contributed by atoms with E-state index >= 15 is 0 Å². The second-order valence-electron chi connectivity index (χ2n) is 4.55. The maximum atomic E-state index is 9.25. The van der Waals surface area contributed by atoms with E-state index in [0.29, 0.717) is 6.04 Å². The van der Waals surface area contributed by atoms with Crippen molar-refractivity contribution in [3.8, 4) is 6.07 Å². The van der Waals surface area contributed by atoms with E-state index in [0.717, 1.165) is 32.5 Å². The molecular weight excluding hydrogens is 174 g/mol. The number of hydrogen-bond donors (Lipinski definition) is 1. The predicted octanol–water partition coefficient (Wildman–Crippen LogP) is 1.12. The molecule has 1 N–H and O–H groups in total. The van der Waals surface area contributed by atoms with Gasteiger partial charge in [-0.25, -0.2) is 0 Å². The molecule has 0 amide bonds. The monoisotopic (exact) mass is 193 g/mol. The van der Waals surface area contributed by atoms with Crippen LogP contribution >= 0.6 is 0 Å². The zero-order valence-electron chi connectivity index (χ0n) is 8.92. The van der Waals surface area contributed by atoms with Gasteiger partial charge in [-0.3, -0.25) is 5.32 Å². The largest absolute Gasteiger partial charge is 0.303 e. The maximum Gasteiger partial charge on any atom is 0.109 e. The SMILES string of the molecule is CCN1CCC(C#N)(NC2CC2)CC1. The van der Waals surface area contributed by atoms with Crippen molar-refractivity contribution in [3.05, 3.63) is 0 Å². The van der Waals surface area contributed by atoms with Gasteiger partial charge in [-0.2, -0.15) is 5.26 Å². The lowest BCUT2D eigenvalue weighted by Gasteiger charge is -2.37. The van der Waals surface area contributed by atoms with Crippen molar-refractivity contribution >= 4 is 0 Å². The molecule has 3 nitrogen and oxygen atoms in total. The topological polar surface area (TPSA) is 39.1 Å². The molecule has 1 aliphatic heterocycles. The second-order valence-corrected chi connectivity index (χ2v) is 4.55. The molecule has 0 unspecified atom stereocenters. The summed E-state index contributed by atoms with van der Waals surface area (Å²) < 4.78 is 0. The molecule has 2 fully saturated rings. The third-order valence-corrected chi connectivity index (χ3v) is 3.43. The normalized spacial score (nSPS) is 27.1. The molecule has 2 aliphatic rings. The number of nitriles is 1. The van der Waals surface area contributed by atoms with E-state index in [1.807, 2.05) is 0 Å². The number of piperidine rings is 1. The van der Waals surface area contributed by atoms with Gasteiger partial charge in [0.05, 0.1) is 6.07 Å². The number of hydrogen-bond acceptors (Lipinski definition) is 3. The highest BCUT2D eigenvalue weighted by Crippen LogP contribution is 2.28. The minimum absolute atomic E-state index is 0.202. The van der Waals surface area contributed by atoms with Crippen molar-refractivity contribution in [1.82, 2.24) is 10.2 Å². The van der Waals surface area contributed by atoms with Crippen LogP contribution in [0.4, 0.5) is 0 Å². The predicted molar refractivity (Wildman–Crippen MR) is 55.8 cm³/mol. The zero-order valence-corrected chi connectivity index (χ0v) is 8.92. The molecule has 0 spiro atoms. The summed E-state index contributed by atoms with van der Waals surface area (Å²) in [4.78, 5) is 2.42. The fourth-order valence-corrected chi connectivity index (χ4v) is 2.16. The van der Waals surface area contributed by atoms with Gasteiger partial charge in [0, 0.05) is 19.1 Å². The second kappa shape index (κ2) is 3.88. The molecule has 0 aromatic carbocycles. The summed E-state index contributed by atoms with van der Waals surface area (Å²) in [5.41, 5.74) is -0.202. The molecule has 0 aromatic rings. The first kappa shape index (κ1) is 9.95. The van der Waals surface area contributed by atoms with Crippen molar-refractivity contribution in [2.75, 3.05) is 19.6 Å². The summed E-state index contributed by atoms with van der Waals surface area (Å²) in [6.45, 7) is 5.45. The minimum Gasteiger partial charge on any atom is -0.303 e. The summed E-state index contributed by atoms with van der Waals surface area (Å²) in [6.07, 6.45) is 4.52. The minimum atomic E-state index is -0.202. The smallest absolute Gasteiger partial charge is 0.109 e. The van der Waals surface area contributed by atoms with Gasteiger partial charge in [-0.15, -0.1) is 0 Å². The molecule has 0 aromatic heterocycles. The summed E-state index contributed by atoms with van der Waals surface area (Å²) in [5, 5.41) is 12.8. The van der Waals surface area contributed by atoms with Crippen molar-refractivity contribution in [2.24, 2.45) is 0 Å². The lowest BCUT2D eigenvalue weighted by atomic mass is 9.89. The summed E-state index contributed by atoms with van der Waals surface area (Å²) in [5.74, 6) is 0. The third kappa shape index (κ3) is 2.08. The van der Waals surface area contributed by atoms with Crippen LogP contribution in [0.1, 0.15) is 32.6 Å². The van der Waals surface area contributed by atoms with Crippen LogP contribution in [0.3, 0.4) is 0 Å². The maximum absolute atomic E-state index is 9.25. The molecule has 1 saturated heterocycles. The van der Waals surface area contributed by atoms with Crippen LogP contribution in [-0.4, -0.2) is 36.1 Å². The van der Waals surface area contributed by atoms with Gasteiger partial charge in [0.1, 0.15) is 5.54 Å². The molecule has 3 heteroatoms. The molecule has 0 bridgehead atoms. The Kier molecular flexibility index (Phi) is 2.76. The molecule has 14 heavy (non-hydrogen) atoms. The standard InChI is InChI=1S/C11H19N3/c1-2-14-7-5-11(9-12,6-8-14)13-10-3-4-10/h10,13H,2-8H2,1H3. The van der Waals surface area contributed by atoms with Gasteiger partial charge in [-0.05, 0) is 32.2 Å². The number of nitrogens with one attached hydrogen (secondary N) is 1. The van der Waals surface area contributed by atoms with E-state index in [-0.39, 0.29) is 5.54 Å². The Bertz CT molecular complexity index is 231. The number of rotatable bonds is 3. The Labute approximate surface area is 86.1 Å². The summed E-state index contributed by atoms with van der Waals surface area (Å²) >= 11 is 0. The van der Waals surface area contributed by atoms with Crippen LogP contribution in [0.15, 0.2) is 0 Å². The summed E-state index contributed by atoms with van der Waals surface area (Å²) in [6, 6.07) is 3.14. The van der Waals surface area contributed by atoms with Crippen LogP contribution < -0.4 is 5.32 Å². The quantitative estimate of drug-likeness (QED) is 0.730. The van der Waals surface area contributed by atoms with Gasteiger partial charge in [0.2, 0.25) is 0 Å². The van der Waals surface area contributed by atoms with Crippen molar-refractivity contribution in [1.29, 1.82) is 5.26 Å². The first-order valence-electron chi connectivity index (χ1n) is 5.69. The average Bonchev–Trinajstić information content (AvgIpc) is 3.03. The number of nitrogens with zero attached hydrogens (tertiary/aromatic N) is 2. The molecule has 1 heterocycles. The average molecular weight is 193 g/mol. The highest BCUT2D eigenvalue weighted by atomic mass is 15.2. The van der Waals surface area contributed by atoms with Crippen LogP contribution in [0.25, 0.3) is 0 Å². The molecule has 2 rings (SSSR count). The third-order valence-electron chi connectivity index (χ3n) is 3.43. The Balaban J connectivity index is 1.90. The number of likely N-dealkylation sites (tertiary alicyclic amines) is 1. The Morgan fingerprint density at radius 3 is 2.50 bits per heavy atom. The molecule has 0 radical (unpaired) electrons. The fourth-order valence-electron chi connectivity index (χ4n) is 2.16. The fraction of sp³-hybridized carbons (Fsp3) is 0.909. The molecule has 1 saturated carbocycles. The van der Waals surface area contributed by atoms with Gasteiger partial charge >= 0.3 is 0 Å². The van der Waals surface area contributed by atoms with Crippen molar-refractivity contribution in [3.63, 3.8) is 0 Å². The van der Waals surface area contributed by atoms with Crippen LogP contribution in [0.5, 0.6) is 0 Å². The highest BCUT2D eigenvalue weighted by molar-refractivity contribution is 5.12. The Hall–Kier alpha value is -0.590. The summed E-state index contributed by atoms with van der Waals surface area (Å²) in [7, 11) is 0. The van der Waals surface area contributed by atoms with E-state index in [9.17, 15) is 5.26 Å². The Morgan fingerprint density at radius 1 is 1.43 bits per heavy atom. The van der Waals surface area contributed by atoms with E-state index in [2.05, 4.69) is 23.2 Å². The van der Waals surface area contributed by atoms with Gasteiger partial charge in [0.15, 0.2) is 0 Å². The van der Waals surface area contributed by atoms with E-state index < -0.39 is 0 Å². The highest BCUT2D eigenvalue weighted by Gasteiger charge is 2.38. The van der Waals surface area contributed by atoms with Crippen molar-refractivity contribution in [2.45, 2.75) is 44.2 Å². The molecule has 0 atom stereocenters. The van der Waals surface area contributed by atoms with Gasteiger partial charge in [0.25, 0.3) is 0 Å². The van der Waals surface area contributed by atoms with Gasteiger partial charge < -0.3 is 4.90 Å². The van der Waals surface area contributed by atoms with E-state index in [4.69, 9.17) is 0 Å². The van der Waals surface area contributed by atoms with E-state index in [1.165, 1.54) is 12.8 Å². The molecule has 78 valence electrons. The van der Waals surface area contributed by atoms with Crippen molar-refractivity contribution < 1.29 is 0 Å². The van der Waals surface area contributed by atoms with Crippen LogP contribution in [0.2, 0.25) is 0 Å². The molecular formula is C11H19N3. The van der Waals surface area contributed by atoms with Crippen LogP contribution in [0, 0.1) is 11.3 Å².